The molecule has 2 heterocycles. The largest absolute Gasteiger partial charge is 0.493 e. The van der Waals surface area contributed by atoms with E-state index < -0.39 is 0 Å². The number of anilines is 1. The van der Waals surface area contributed by atoms with Crippen LogP contribution in [0.1, 0.15) is 63.5 Å². The highest BCUT2D eigenvalue weighted by atomic mass is 16.5. The van der Waals surface area contributed by atoms with Gasteiger partial charge >= 0.3 is 0 Å². The van der Waals surface area contributed by atoms with Crippen molar-refractivity contribution in [1.82, 2.24) is 15.3 Å². The van der Waals surface area contributed by atoms with Crippen molar-refractivity contribution >= 4 is 17.4 Å². The maximum atomic E-state index is 12.4. The first kappa shape index (κ1) is 27.1. The fourth-order valence-electron chi connectivity index (χ4n) is 4.98. The molecule has 200 valence electrons. The number of ether oxygens (including phenoxy) is 2. The summed E-state index contributed by atoms with van der Waals surface area (Å²) < 4.78 is 11.5. The van der Waals surface area contributed by atoms with Crippen LogP contribution in [-0.4, -0.2) is 55.3 Å². The van der Waals surface area contributed by atoms with Gasteiger partial charge in [0, 0.05) is 51.2 Å². The fraction of sp³-hybridized carbons (Fsp3) is 0.567. The van der Waals surface area contributed by atoms with Gasteiger partial charge in [-0.25, -0.2) is 9.97 Å². The van der Waals surface area contributed by atoms with Gasteiger partial charge in [0.25, 0.3) is 0 Å². The van der Waals surface area contributed by atoms with Crippen LogP contribution < -0.4 is 15.0 Å². The molecule has 7 nitrogen and oxygen atoms in total. The van der Waals surface area contributed by atoms with Crippen molar-refractivity contribution in [3.63, 3.8) is 0 Å². The molecular formula is C30H42N4O3. The minimum absolute atomic E-state index is 0.0760. The number of nitrogens with one attached hydrogen (secondary N) is 1. The average molecular weight is 507 g/mol. The SMILES string of the molecule is CCOCCCNC(=O)C1CC=C(c2ccc(OCC3CCN(c4ncc(CC)cn4)CC3)cc2)CC1. The summed E-state index contributed by atoms with van der Waals surface area (Å²) in [5.41, 5.74) is 3.73. The third kappa shape index (κ3) is 8.03. The normalized spacial score (nSPS) is 18.4. The van der Waals surface area contributed by atoms with Crippen LogP contribution in [0.25, 0.3) is 5.57 Å². The molecule has 2 aromatic rings. The Morgan fingerprint density at radius 2 is 1.84 bits per heavy atom. The first-order chi connectivity index (χ1) is 18.2. The van der Waals surface area contributed by atoms with Gasteiger partial charge < -0.3 is 19.7 Å². The van der Waals surface area contributed by atoms with Crippen LogP contribution in [0.3, 0.4) is 0 Å². The second kappa shape index (κ2) is 14.1. The number of hydrogen-bond donors (Lipinski definition) is 1. The highest BCUT2D eigenvalue weighted by Crippen LogP contribution is 2.31. The molecule has 4 rings (SSSR count). The molecule has 0 radical (unpaired) electrons. The van der Waals surface area contributed by atoms with Crippen LogP contribution in [0, 0.1) is 11.8 Å². The standard InChI is InChI=1S/C30H42N4O3/c1-3-23-20-32-30(33-21-23)34-17-14-24(15-18-34)22-37-28-12-10-26(11-13-28)25-6-8-27(9-7-25)29(35)31-16-5-19-36-4-2/h6,10-13,20-21,24,27H,3-5,7-9,14-19,22H2,1-2H3,(H,31,35). The van der Waals surface area contributed by atoms with Crippen LogP contribution in [0.4, 0.5) is 5.95 Å². The number of nitrogens with zero attached hydrogens (tertiary/aromatic N) is 3. The fourth-order valence-corrected chi connectivity index (χ4v) is 4.98. The lowest BCUT2D eigenvalue weighted by Crippen LogP contribution is -2.36. The second-order valence-electron chi connectivity index (χ2n) is 10.1. The van der Waals surface area contributed by atoms with Gasteiger partial charge in [-0.3, -0.25) is 4.79 Å². The summed E-state index contributed by atoms with van der Waals surface area (Å²) in [6, 6.07) is 8.45. The number of aryl methyl sites for hydroxylation is 1. The molecule has 0 saturated carbocycles. The predicted octanol–water partition coefficient (Wildman–Crippen LogP) is 5.06. The number of carbonyl (C=O) groups is 1. The van der Waals surface area contributed by atoms with E-state index in [2.05, 4.69) is 57.4 Å². The number of allylic oxidation sites excluding steroid dienone is 2. The van der Waals surface area contributed by atoms with E-state index in [4.69, 9.17) is 9.47 Å². The van der Waals surface area contributed by atoms with Gasteiger partial charge in [-0.05, 0) is 86.6 Å². The van der Waals surface area contributed by atoms with E-state index in [0.29, 0.717) is 19.1 Å². The van der Waals surface area contributed by atoms with Gasteiger partial charge in [-0.15, -0.1) is 0 Å². The molecule has 1 saturated heterocycles. The zero-order valence-electron chi connectivity index (χ0n) is 22.5. The van der Waals surface area contributed by atoms with Gasteiger partial charge in [-0.1, -0.05) is 25.1 Å². The van der Waals surface area contributed by atoms with Gasteiger partial charge in [0.15, 0.2) is 0 Å². The number of carbonyl (C=O) groups excluding carboxylic acids is 1. The van der Waals surface area contributed by atoms with Crippen LogP contribution in [0.15, 0.2) is 42.7 Å². The third-order valence-electron chi connectivity index (χ3n) is 7.46. The Morgan fingerprint density at radius 1 is 1.08 bits per heavy atom. The van der Waals surface area contributed by atoms with Gasteiger partial charge in [0.2, 0.25) is 11.9 Å². The van der Waals surface area contributed by atoms with Crippen LogP contribution in [0.5, 0.6) is 5.75 Å². The summed E-state index contributed by atoms with van der Waals surface area (Å²) >= 11 is 0. The number of benzene rings is 1. The molecule has 1 aromatic heterocycles. The van der Waals surface area contributed by atoms with E-state index in [9.17, 15) is 4.79 Å². The van der Waals surface area contributed by atoms with Crippen molar-refractivity contribution in [3.8, 4) is 5.75 Å². The van der Waals surface area contributed by atoms with Crippen molar-refractivity contribution < 1.29 is 14.3 Å². The van der Waals surface area contributed by atoms with Crippen molar-refractivity contribution in [2.24, 2.45) is 11.8 Å². The van der Waals surface area contributed by atoms with Crippen molar-refractivity contribution in [1.29, 1.82) is 0 Å². The summed E-state index contributed by atoms with van der Waals surface area (Å²) in [7, 11) is 0. The predicted molar refractivity (Wildman–Crippen MR) is 148 cm³/mol. The van der Waals surface area contributed by atoms with E-state index in [1.54, 1.807) is 0 Å². The van der Waals surface area contributed by atoms with Gasteiger partial charge in [0.1, 0.15) is 5.75 Å². The molecule has 2 aliphatic rings. The molecule has 1 amide bonds. The first-order valence-corrected chi connectivity index (χ1v) is 14.0. The van der Waals surface area contributed by atoms with Gasteiger partial charge in [-0.2, -0.15) is 0 Å². The summed E-state index contributed by atoms with van der Waals surface area (Å²) in [6.45, 7) is 8.91. The Bertz CT molecular complexity index is 998. The lowest BCUT2D eigenvalue weighted by Gasteiger charge is -2.31. The summed E-state index contributed by atoms with van der Waals surface area (Å²) in [5, 5.41) is 3.06. The first-order valence-electron chi connectivity index (χ1n) is 14.0. The summed E-state index contributed by atoms with van der Waals surface area (Å²) in [4.78, 5) is 23.8. The zero-order chi connectivity index (χ0) is 25.9. The topological polar surface area (TPSA) is 76.6 Å². The maximum Gasteiger partial charge on any atom is 0.225 e. The molecule has 1 aliphatic carbocycles. The highest BCUT2D eigenvalue weighted by Gasteiger charge is 2.23. The van der Waals surface area contributed by atoms with Crippen molar-refractivity contribution in [3.05, 3.63) is 53.9 Å². The minimum Gasteiger partial charge on any atom is -0.493 e. The molecule has 1 aliphatic heterocycles. The molecule has 37 heavy (non-hydrogen) atoms. The Kier molecular flexibility index (Phi) is 10.4. The number of rotatable bonds is 12. The molecular weight excluding hydrogens is 464 g/mol. The number of hydrogen-bond acceptors (Lipinski definition) is 6. The zero-order valence-corrected chi connectivity index (χ0v) is 22.5. The van der Waals surface area contributed by atoms with Crippen molar-refractivity contribution in [2.45, 2.75) is 58.8 Å². The monoisotopic (exact) mass is 506 g/mol. The molecule has 0 bridgehead atoms. The van der Waals surface area contributed by atoms with E-state index >= 15 is 0 Å². The van der Waals surface area contributed by atoms with E-state index in [1.165, 1.54) is 16.7 Å². The molecule has 7 heteroatoms. The maximum absolute atomic E-state index is 12.4. The molecule has 1 unspecified atom stereocenters. The smallest absolute Gasteiger partial charge is 0.225 e. The van der Waals surface area contributed by atoms with Crippen LogP contribution >= 0.6 is 0 Å². The molecule has 1 N–H and O–H groups in total. The highest BCUT2D eigenvalue weighted by molar-refractivity contribution is 5.80. The Hall–Kier alpha value is -2.93. The minimum atomic E-state index is 0.0760. The van der Waals surface area contributed by atoms with E-state index in [1.807, 2.05) is 19.3 Å². The lowest BCUT2D eigenvalue weighted by atomic mass is 9.86. The summed E-state index contributed by atoms with van der Waals surface area (Å²) in [5.74, 6) is 2.56. The Morgan fingerprint density at radius 3 is 2.49 bits per heavy atom. The quantitative estimate of drug-likeness (QED) is 0.406. The third-order valence-corrected chi connectivity index (χ3v) is 7.46. The molecule has 1 aromatic carbocycles. The van der Waals surface area contributed by atoms with E-state index in [0.717, 1.165) is 82.9 Å². The van der Waals surface area contributed by atoms with Crippen LogP contribution in [0.2, 0.25) is 0 Å². The Balaban J connectivity index is 1.17. The summed E-state index contributed by atoms with van der Waals surface area (Å²) in [6.07, 6.45) is 12.7. The van der Waals surface area contributed by atoms with E-state index in [-0.39, 0.29) is 11.8 Å². The lowest BCUT2D eigenvalue weighted by molar-refractivity contribution is -0.125. The van der Waals surface area contributed by atoms with Gasteiger partial charge in [0.05, 0.1) is 6.61 Å². The molecule has 1 atom stereocenters. The number of aromatic nitrogens is 2. The number of amides is 1. The number of piperidine rings is 1. The Labute approximate surface area is 221 Å². The van der Waals surface area contributed by atoms with Crippen molar-refractivity contribution in [2.75, 3.05) is 44.4 Å². The molecule has 0 spiro atoms. The molecule has 1 fully saturated rings. The van der Waals surface area contributed by atoms with Crippen LogP contribution in [-0.2, 0) is 16.0 Å². The average Bonchev–Trinajstić information content (AvgIpc) is 2.96. The second-order valence-corrected chi connectivity index (χ2v) is 10.1.